The molecule has 150 valence electrons. The zero-order valence-electron chi connectivity index (χ0n) is 15.7. The molecule has 0 spiro atoms. The first-order valence-corrected chi connectivity index (χ1v) is 9.04. The molecule has 0 aliphatic heterocycles. The second-order valence-electron chi connectivity index (χ2n) is 6.01. The molecule has 0 radical (unpaired) electrons. The van der Waals surface area contributed by atoms with Gasteiger partial charge in [0.1, 0.15) is 6.07 Å². The van der Waals surface area contributed by atoms with Crippen molar-refractivity contribution in [3.63, 3.8) is 0 Å². The van der Waals surface area contributed by atoms with Gasteiger partial charge >= 0.3 is 5.97 Å². The van der Waals surface area contributed by atoms with Crippen molar-refractivity contribution in [2.75, 3.05) is 11.9 Å². The molecule has 0 bridgehead atoms. The first-order valence-electron chi connectivity index (χ1n) is 8.66. The van der Waals surface area contributed by atoms with Gasteiger partial charge in [-0.1, -0.05) is 41.9 Å². The van der Waals surface area contributed by atoms with Crippen LogP contribution in [0.1, 0.15) is 17.0 Å². The largest absolute Gasteiger partial charge is 0.451 e. The zero-order chi connectivity index (χ0) is 21.5. The van der Waals surface area contributed by atoms with Crippen LogP contribution < -0.4 is 5.32 Å². The van der Waals surface area contributed by atoms with Crippen molar-refractivity contribution >= 4 is 40.9 Å². The van der Waals surface area contributed by atoms with Crippen molar-refractivity contribution in [3.8, 4) is 6.07 Å². The van der Waals surface area contributed by atoms with E-state index < -0.39 is 18.5 Å². The Balaban J connectivity index is 1.71. The van der Waals surface area contributed by atoms with Gasteiger partial charge in [0.25, 0.3) is 5.91 Å². The quantitative estimate of drug-likeness (QED) is 0.478. The summed E-state index contributed by atoms with van der Waals surface area (Å²) in [5.41, 5.74) is 1.44. The SMILES string of the molecule is Cc1nnnn1/C(=C\c1ccccc1)C(=O)OCC(=O)Nc1ccc(C#N)c(Cl)c1. The molecule has 3 aromatic rings. The van der Waals surface area contributed by atoms with Crippen LogP contribution in [0.3, 0.4) is 0 Å². The predicted octanol–water partition coefficient (Wildman–Crippen LogP) is 2.69. The van der Waals surface area contributed by atoms with Gasteiger partial charge in [0.15, 0.2) is 18.1 Å². The molecular weight excluding hydrogens is 408 g/mol. The van der Waals surface area contributed by atoms with Crippen LogP contribution in [0.5, 0.6) is 0 Å². The molecule has 9 nitrogen and oxygen atoms in total. The first kappa shape index (κ1) is 20.7. The second kappa shape index (κ2) is 9.45. The van der Waals surface area contributed by atoms with E-state index in [1.807, 2.05) is 24.3 Å². The molecule has 0 unspecified atom stereocenters. The normalized spacial score (nSPS) is 10.9. The molecule has 2 aromatic carbocycles. The molecular formula is C20H15ClN6O3. The maximum absolute atomic E-state index is 12.6. The number of halogens is 1. The van der Waals surface area contributed by atoms with Crippen molar-refractivity contribution in [3.05, 3.63) is 70.5 Å². The summed E-state index contributed by atoms with van der Waals surface area (Å²) in [4.78, 5) is 24.8. The van der Waals surface area contributed by atoms with Crippen LogP contribution in [0.2, 0.25) is 5.02 Å². The molecule has 3 rings (SSSR count). The van der Waals surface area contributed by atoms with E-state index in [1.165, 1.54) is 22.9 Å². The van der Waals surface area contributed by atoms with Crippen LogP contribution in [-0.4, -0.2) is 38.7 Å². The Labute approximate surface area is 176 Å². The summed E-state index contributed by atoms with van der Waals surface area (Å²) < 4.78 is 6.37. The molecule has 0 saturated heterocycles. The smallest absolute Gasteiger partial charge is 0.357 e. The van der Waals surface area contributed by atoms with Crippen LogP contribution in [-0.2, 0) is 14.3 Å². The van der Waals surface area contributed by atoms with E-state index >= 15 is 0 Å². The molecule has 0 aliphatic rings. The number of esters is 1. The Morgan fingerprint density at radius 1 is 1.27 bits per heavy atom. The number of aromatic nitrogens is 4. The number of carbonyl (C=O) groups excluding carboxylic acids is 2. The Kier molecular flexibility index (Phi) is 6.52. The Morgan fingerprint density at radius 2 is 2.03 bits per heavy atom. The third-order valence-corrected chi connectivity index (χ3v) is 4.19. The molecule has 0 aliphatic carbocycles. The molecule has 1 N–H and O–H groups in total. The third kappa shape index (κ3) is 5.06. The zero-order valence-corrected chi connectivity index (χ0v) is 16.5. The Bertz CT molecular complexity index is 1150. The molecule has 0 fully saturated rings. The number of anilines is 1. The number of rotatable bonds is 6. The molecule has 1 amide bonds. The maximum Gasteiger partial charge on any atom is 0.357 e. The fraction of sp³-hybridized carbons (Fsp3) is 0.100. The number of nitrogens with zero attached hydrogens (tertiary/aromatic N) is 5. The highest BCUT2D eigenvalue weighted by molar-refractivity contribution is 6.32. The number of amides is 1. The molecule has 1 heterocycles. The number of ether oxygens (including phenoxy) is 1. The average molecular weight is 423 g/mol. The van der Waals surface area contributed by atoms with Crippen molar-refractivity contribution in [2.24, 2.45) is 0 Å². The number of carbonyl (C=O) groups is 2. The van der Waals surface area contributed by atoms with Gasteiger partial charge in [0.2, 0.25) is 0 Å². The highest BCUT2D eigenvalue weighted by atomic mass is 35.5. The van der Waals surface area contributed by atoms with Gasteiger partial charge < -0.3 is 10.1 Å². The first-order chi connectivity index (χ1) is 14.5. The van der Waals surface area contributed by atoms with Gasteiger partial charge in [-0.05, 0) is 47.2 Å². The van der Waals surface area contributed by atoms with Crippen LogP contribution >= 0.6 is 11.6 Å². The summed E-state index contributed by atoms with van der Waals surface area (Å²) in [7, 11) is 0. The summed E-state index contributed by atoms with van der Waals surface area (Å²) in [5, 5.41) is 22.8. The molecule has 0 atom stereocenters. The van der Waals surface area contributed by atoms with Crippen LogP contribution in [0.4, 0.5) is 5.69 Å². The van der Waals surface area contributed by atoms with E-state index in [-0.39, 0.29) is 16.3 Å². The number of hydrogen-bond acceptors (Lipinski definition) is 7. The monoisotopic (exact) mass is 422 g/mol. The van der Waals surface area contributed by atoms with E-state index in [0.29, 0.717) is 11.5 Å². The van der Waals surface area contributed by atoms with Gasteiger partial charge in [-0.15, -0.1) is 5.10 Å². The van der Waals surface area contributed by atoms with Crippen molar-refractivity contribution in [1.82, 2.24) is 20.2 Å². The average Bonchev–Trinajstić information content (AvgIpc) is 3.16. The number of benzene rings is 2. The summed E-state index contributed by atoms with van der Waals surface area (Å²) in [6.45, 7) is 1.09. The lowest BCUT2D eigenvalue weighted by Gasteiger charge is -2.10. The van der Waals surface area contributed by atoms with Crippen LogP contribution in [0, 0.1) is 18.3 Å². The predicted molar refractivity (Wildman–Crippen MR) is 109 cm³/mol. The minimum absolute atomic E-state index is 0.0536. The number of nitrogens with one attached hydrogen (secondary N) is 1. The van der Waals surface area contributed by atoms with Crippen molar-refractivity contribution in [1.29, 1.82) is 5.26 Å². The third-order valence-electron chi connectivity index (χ3n) is 3.87. The van der Waals surface area contributed by atoms with E-state index in [2.05, 4.69) is 20.8 Å². The molecule has 1 aromatic heterocycles. The Morgan fingerprint density at radius 3 is 2.67 bits per heavy atom. The Hall–Kier alpha value is -4.03. The number of nitriles is 1. The molecule has 0 saturated carbocycles. The lowest BCUT2D eigenvalue weighted by atomic mass is 10.2. The van der Waals surface area contributed by atoms with Crippen molar-refractivity contribution in [2.45, 2.75) is 6.92 Å². The lowest BCUT2D eigenvalue weighted by Crippen LogP contribution is -2.23. The van der Waals surface area contributed by atoms with E-state index in [1.54, 1.807) is 25.1 Å². The van der Waals surface area contributed by atoms with E-state index in [0.717, 1.165) is 5.56 Å². The van der Waals surface area contributed by atoms with Gasteiger partial charge in [0.05, 0.1) is 10.6 Å². The minimum Gasteiger partial charge on any atom is -0.451 e. The maximum atomic E-state index is 12.6. The van der Waals surface area contributed by atoms with Gasteiger partial charge in [0, 0.05) is 5.69 Å². The lowest BCUT2D eigenvalue weighted by molar-refractivity contribution is -0.141. The van der Waals surface area contributed by atoms with Gasteiger partial charge in [-0.2, -0.15) is 9.94 Å². The summed E-state index contributed by atoms with van der Waals surface area (Å²) >= 11 is 5.94. The van der Waals surface area contributed by atoms with Gasteiger partial charge in [-0.25, -0.2) is 4.79 Å². The topological polar surface area (TPSA) is 123 Å². The second-order valence-corrected chi connectivity index (χ2v) is 6.42. The highest BCUT2D eigenvalue weighted by Crippen LogP contribution is 2.20. The fourth-order valence-electron chi connectivity index (χ4n) is 2.45. The number of hydrogen-bond donors (Lipinski definition) is 1. The minimum atomic E-state index is -0.776. The fourth-order valence-corrected chi connectivity index (χ4v) is 2.68. The van der Waals surface area contributed by atoms with Crippen LogP contribution in [0.15, 0.2) is 48.5 Å². The number of tetrazole rings is 1. The molecule has 30 heavy (non-hydrogen) atoms. The highest BCUT2D eigenvalue weighted by Gasteiger charge is 2.19. The number of aryl methyl sites for hydroxylation is 1. The summed E-state index contributed by atoms with van der Waals surface area (Å²) in [6, 6.07) is 15.4. The van der Waals surface area contributed by atoms with Gasteiger partial charge in [-0.3, -0.25) is 4.79 Å². The van der Waals surface area contributed by atoms with Crippen LogP contribution in [0.25, 0.3) is 11.8 Å². The van der Waals surface area contributed by atoms with Crippen molar-refractivity contribution < 1.29 is 14.3 Å². The standard InChI is InChI=1S/C20H15ClN6O3/c1-13-24-25-26-27(13)18(9-14-5-3-2-4-6-14)20(29)30-12-19(28)23-16-8-7-15(11-22)17(21)10-16/h2-10H,12H2,1H3,(H,23,28)/b18-9-. The van der Waals surface area contributed by atoms with E-state index in [4.69, 9.17) is 21.6 Å². The van der Waals surface area contributed by atoms with E-state index in [9.17, 15) is 9.59 Å². The molecule has 10 heteroatoms. The summed E-state index contributed by atoms with van der Waals surface area (Å²) in [6.07, 6.45) is 1.56. The summed E-state index contributed by atoms with van der Waals surface area (Å²) in [5.74, 6) is -0.968.